The highest BCUT2D eigenvalue weighted by atomic mass is 16.5. The summed E-state index contributed by atoms with van der Waals surface area (Å²) in [5.74, 6) is -0.216. The highest BCUT2D eigenvalue weighted by Gasteiger charge is 2.32. The number of hydrogen-bond donors (Lipinski definition) is 2. The van der Waals surface area contributed by atoms with Crippen molar-refractivity contribution >= 4 is 5.78 Å². The second-order valence-corrected chi connectivity index (χ2v) is 5.98. The van der Waals surface area contributed by atoms with Gasteiger partial charge in [0.25, 0.3) is 0 Å². The lowest BCUT2D eigenvalue weighted by Crippen LogP contribution is -2.21. The Morgan fingerprint density at radius 3 is 2.57 bits per heavy atom. The number of Topliss-reactive ketones (excluding diaryl/α,β-unsaturated/α-hetero) is 1. The molecule has 2 N–H and O–H groups in total. The number of benzene rings is 2. The van der Waals surface area contributed by atoms with E-state index in [9.17, 15) is 15.0 Å². The standard InChI is InChI=1S/C18H19NO4/c1-19(2)10-12-13(20)8-16-17(18(12)22)14(21)9-15(23-16)11-6-4-3-5-7-11/h3-8,15,20,22H,9-10H2,1-2H3. The summed E-state index contributed by atoms with van der Waals surface area (Å²) in [5, 5.41) is 20.6. The summed E-state index contributed by atoms with van der Waals surface area (Å²) in [7, 11) is 3.64. The Labute approximate surface area is 134 Å². The zero-order valence-corrected chi connectivity index (χ0v) is 13.1. The molecule has 5 nitrogen and oxygen atoms in total. The molecule has 1 aliphatic heterocycles. The van der Waals surface area contributed by atoms with Crippen LogP contribution in [0.15, 0.2) is 36.4 Å². The van der Waals surface area contributed by atoms with Crippen LogP contribution in [-0.4, -0.2) is 35.0 Å². The Balaban J connectivity index is 2.02. The third kappa shape index (κ3) is 2.87. The fraction of sp³-hybridized carbons (Fsp3) is 0.278. The molecule has 3 rings (SSSR count). The number of carbonyl (C=O) groups excluding carboxylic acids is 1. The number of carbonyl (C=O) groups is 1. The average Bonchev–Trinajstić information content (AvgIpc) is 2.51. The number of nitrogens with zero attached hydrogens (tertiary/aromatic N) is 1. The monoisotopic (exact) mass is 313 g/mol. The van der Waals surface area contributed by atoms with Gasteiger partial charge in [0.1, 0.15) is 28.9 Å². The second-order valence-electron chi connectivity index (χ2n) is 5.98. The van der Waals surface area contributed by atoms with E-state index >= 15 is 0 Å². The molecule has 0 aliphatic carbocycles. The molecule has 1 atom stereocenters. The summed E-state index contributed by atoms with van der Waals surface area (Å²) >= 11 is 0. The normalized spacial score (nSPS) is 17.0. The van der Waals surface area contributed by atoms with E-state index in [1.165, 1.54) is 6.07 Å². The topological polar surface area (TPSA) is 70.0 Å². The van der Waals surface area contributed by atoms with E-state index < -0.39 is 6.10 Å². The molecule has 1 heterocycles. The van der Waals surface area contributed by atoms with Crippen LogP contribution in [0.1, 0.15) is 34.0 Å². The zero-order chi connectivity index (χ0) is 16.6. The van der Waals surface area contributed by atoms with Gasteiger partial charge in [-0.3, -0.25) is 4.79 Å². The van der Waals surface area contributed by atoms with Crippen LogP contribution in [0.4, 0.5) is 0 Å². The molecule has 23 heavy (non-hydrogen) atoms. The molecule has 0 amide bonds. The Hall–Kier alpha value is -2.53. The number of ether oxygens (including phenoxy) is 1. The molecule has 1 aliphatic rings. The molecule has 2 aromatic carbocycles. The number of ketones is 1. The summed E-state index contributed by atoms with van der Waals surface area (Å²) < 4.78 is 5.86. The van der Waals surface area contributed by atoms with E-state index in [0.717, 1.165) is 5.56 Å². The molecule has 0 radical (unpaired) electrons. The van der Waals surface area contributed by atoms with Crippen LogP contribution in [0.3, 0.4) is 0 Å². The molecule has 120 valence electrons. The molecule has 2 aromatic rings. The maximum absolute atomic E-state index is 12.5. The van der Waals surface area contributed by atoms with Crippen LogP contribution in [0.25, 0.3) is 0 Å². The fourth-order valence-electron chi connectivity index (χ4n) is 2.83. The third-order valence-corrected chi connectivity index (χ3v) is 3.91. The predicted octanol–water partition coefficient (Wildman–Crippen LogP) is 2.87. The maximum Gasteiger partial charge on any atom is 0.174 e. The van der Waals surface area contributed by atoms with Gasteiger partial charge in [0.05, 0.1) is 12.0 Å². The first-order valence-corrected chi connectivity index (χ1v) is 7.44. The highest BCUT2D eigenvalue weighted by molar-refractivity contribution is 6.03. The van der Waals surface area contributed by atoms with Crippen LogP contribution in [-0.2, 0) is 6.54 Å². The van der Waals surface area contributed by atoms with E-state index in [1.807, 2.05) is 49.3 Å². The van der Waals surface area contributed by atoms with Crippen molar-refractivity contribution in [1.29, 1.82) is 0 Å². The molecule has 0 fully saturated rings. The number of aromatic hydroxyl groups is 2. The first-order chi connectivity index (χ1) is 11.0. The van der Waals surface area contributed by atoms with Crippen molar-refractivity contribution in [3.63, 3.8) is 0 Å². The van der Waals surface area contributed by atoms with Crippen molar-refractivity contribution in [2.75, 3.05) is 14.1 Å². The predicted molar refractivity (Wildman–Crippen MR) is 85.9 cm³/mol. The molecule has 0 saturated carbocycles. The van der Waals surface area contributed by atoms with Crippen LogP contribution in [0.2, 0.25) is 0 Å². The first kappa shape index (κ1) is 15.4. The minimum atomic E-state index is -0.408. The molecule has 5 heteroatoms. The Morgan fingerprint density at radius 1 is 1.22 bits per heavy atom. The zero-order valence-electron chi connectivity index (χ0n) is 13.1. The smallest absolute Gasteiger partial charge is 0.174 e. The first-order valence-electron chi connectivity index (χ1n) is 7.44. The van der Waals surface area contributed by atoms with Crippen molar-refractivity contribution in [3.05, 3.63) is 53.1 Å². The quantitative estimate of drug-likeness (QED) is 0.912. The van der Waals surface area contributed by atoms with E-state index in [2.05, 4.69) is 0 Å². The second kappa shape index (κ2) is 5.93. The molecule has 0 bridgehead atoms. The minimum Gasteiger partial charge on any atom is -0.507 e. The number of fused-ring (bicyclic) bond motifs is 1. The number of hydrogen-bond acceptors (Lipinski definition) is 5. The SMILES string of the molecule is CN(C)Cc1c(O)cc2c(c1O)C(=O)CC(c1ccccc1)O2. The average molecular weight is 313 g/mol. The molecular weight excluding hydrogens is 294 g/mol. The van der Waals surface area contributed by atoms with Gasteiger partial charge in [0.2, 0.25) is 0 Å². The molecular formula is C18H19NO4. The van der Waals surface area contributed by atoms with Crippen molar-refractivity contribution in [3.8, 4) is 17.2 Å². The lowest BCUT2D eigenvalue weighted by atomic mass is 9.93. The number of phenols is 2. The molecule has 1 unspecified atom stereocenters. The van der Waals surface area contributed by atoms with E-state index in [0.29, 0.717) is 12.1 Å². The minimum absolute atomic E-state index is 0.0727. The lowest BCUT2D eigenvalue weighted by molar-refractivity contribution is 0.0844. The van der Waals surface area contributed by atoms with Crippen molar-refractivity contribution in [1.82, 2.24) is 4.90 Å². The van der Waals surface area contributed by atoms with Gasteiger partial charge in [-0.25, -0.2) is 0 Å². The number of phenolic OH excluding ortho intramolecular Hbond substituents is 2. The van der Waals surface area contributed by atoms with E-state index in [-0.39, 0.29) is 35.0 Å². The van der Waals surface area contributed by atoms with Gasteiger partial charge in [-0.2, -0.15) is 0 Å². The third-order valence-electron chi connectivity index (χ3n) is 3.91. The van der Waals surface area contributed by atoms with Gasteiger partial charge in [0.15, 0.2) is 5.78 Å². The van der Waals surface area contributed by atoms with Crippen LogP contribution < -0.4 is 4.74 Å². The van der Waals surface area contributed by atoms with Gasteiger partial charge < -0.3 is 19.8 Å². The summed E-state index contributed by atoms with van der Waals surface area (Å²) in [6.45, 7) is 0.334. The summed E-state index contributed by atoms with van der Waals surface area (Å²) in [6.07, 6.45) is -0.244. The Bertz CT molecular complexity index is 740. The van der Waals surface area contributed by atoms with Crippen LogP contribution >= 0.6 is 0 Å². The summed E-state index contributed by atoms with van der Waals surface area (Å²) in [5.41, 5.74) is 1.39. The van der Waals surface area contributed by atoms with Gasteiger partial charge in [0, 0.05) is 12.6 Å². The molecule has 0 saturated heterocycles. The largest absolute Gasteiger partial charge is 0.507 e. The van der Waals surface area contributed by atoms with Crippen LogP contribution in [0.5, 0.6) is 17.2 Å². The van der Waals surface area contributed by atoms with Gasteiger partial charge in [-0.05, 0) is 19.7 Å². The maximum atomic E-state index is 12.5. The van der Waals surface area contributed by atoms with E-state index in [1.54, 1.807) is 0 Å². The summed E-state index contributed by atoms with van der Waals surface area (Å²) in [6, 6.07) is 10.9. The number of rotatable bonds is 3. The van der Waals surface area contributed by atoms with Crippen molar-refractivity contribution < 1.29 is 19.7 Å². The lowest BCUT2D eigenvalue weighted by Gasteiger charge is -2.27. The van der Waals surface area contributed by atoms with Gasteiger partial charge >= 0.3 is 0 Å². The van der Waals surface area contributed by atoms with Gasteiger partial charge in [-0.15, -0.1) is 0 Å². The fourth-order valence-corrected chi connectivity index (χ4v) is 2.83. The van der Waals surface area contributed by atoms with Crippen molar-refractivity contribution in [2.24, 2.45) is 0 Å². The van der Waals surface area contributed by atoms with E-state index in [4.69, 9.17) is 4.74 Å². The molecule has 0 spiro atoms. The Kier molecular flexibility index (Phi) is 3.96. The molecule has 0 aromatic heterocycles. The van der Waals surface area contributed by atoms with Crippen LogP contribution in [0, 0.1) is 0 Å². The highest BCUT2D eigenvalue weighted by Crippen LogP contribution is 2.44. The summed E-state index contributed by atoms with van der Waals surface area (Å²) in [4.78, 5) is 14.3. The van der Waals surface area contributed by atoms with Crippen molar-refractivity contribution in [2.45, 2.75) is 19.1 Å². The van der Waals surface area contributed by atoms with Gasteiger partial charge in [-0.1, -0.05) is 30.3 Å². The Morgan fingerprint density at radius 2 is 1.91 bits per heavy atom.